The van der Waals surface area contributed by atoms with Crippen LogP contribution in [0, 0.1) is 0 Å². The lowest BCUT2D eigenvalue weighted by molar-refractivity contribution is 0.0361. The van der Waals surface area contributed by atoms with Gasteiger partial charge in [-0.15, -0.1) is 0 Å². The highest BCUT2D eigenvalue weighted by molar-refractivity contribution is 8.00. The fourth-order valence-corrected chi connectivity index (χ4v) is 5.21. The minimum absolute atomic E-state index is 0.00196. The summed E-state index contributed by atoms with van der Waals surface area (Å²) in [6, 6.07) is 27.8. The molecule has 3 nitrogen and oxygen atoms in total. The van der Waals surface area contributed by atoms with Gasteiger partial charge >= 0.3 is 0 Å². The fourth-order valence-electron chi connectivity index (χ4n) is 3.84. The van der Waals surface area contributed by atoms with E-state index in [1.165, 1.54) is 11.8 Å². The summed E-state index contributed by atoms with van der Waals surface area (Å²) in [6.45, 7) is 0. The van der Waals surface area contributed by atoms with Crippen LogP contribution in [0.15, 0.2) is 90.1 Å². The number of ketones is 1. The van der Waals surface area contributed by atoms with Gasteiger partial charge in [0.25, 0.3) is 4.93 Å². The molecule has 0 aliphatic carbocycles. The molecule has 2 heterocycles. The van der Waals surface area contributed by atoms with Crippen LogP contribution in [0.2, 0.25) is 0 Å². The lowest BCUT2D eigenvalue weighted by Crippen LogP contribution is -2.45. The van der Waals surface area contributed by atoms with Gasteiger partial charge in [-0.05, 0) is 11.1 Å². The molecule has 0 fully saturated rings. The Morgan fingerprint density at radius 1 is 0.889 bits per heavy atom. The van der Waals surface area contributed by atoms with E-state index in [1.807, 2.05) is 84.9 Å². The summed E-state index contributed by atoms with van der Waals surface area (Å²) in [5.74, 6) is 0.466. The Morgan fingerprint density at radius 3 is 2.33 bits per heavy atom. The first kappa shape index (κ1) is 16.3. The smallest absolute Gasteiger partial charge is 0.257 e. The Hall–Kier alpha value is -2.85. The van der Waals surface area contributed by atoms with Gasteiger partial charge in [0.15, 0.2) is 0 Å². The molecule has 0 radical (unpaired) electrons. The molecule has 0 N–H and O–H groups in total. The maximum Gasteiger partial charge on any atom is 0.257 e. The molecule has 3 aromatic rings. The normalized spacial score (nSPS) is 23.6. The molecule has 27 heavy (non-hydrogen) atoms. The van der Waals surface area contributed by atoms with E-state index in [0.717, 1.165) is 33.7 Å². The molecule has 0 saturated heterocycles. The maximum atomic E-state index is 13.6. The monoisotopic (exact) mass is 371 g/mol. The topological polar surface area (TPSA) is 38.7 Å². The number of oxime groups is 1. The van der Waals surface area contributed by atoms with Crippen LogP contribution in [-0.2, 0) is 10.6 Å². The van der Waals surface area contributed by atoms with Crippen molar-refractivity contribution in [3.05, 3.63) is 107 Å². The van der Waals surface area contributed by atoms with E-state index in [2.05, 4.69) is 5.16 Å². The predicted molar refractivity (Wildman–Crippen MR) is 108 cm³/mol. The zero-order valence-corrected chi connectivity index (χ0v) is 15.4. The Balaban J connectivity index is 1.66. The van der Waals surface area contributed by atoms with Crippen molar-refractivity contribution in [3.63, 3.8) is 0 Å². The van der Waals surface area contributed by atoms with Gasteiger partial charge in [-0.2, -0.15) is 0 Å². The summed E-state index contributed by atoms with van der Waals surface area (Å²) < 4.78 is 0. The zero-order chi connectivity index (χ0) is 18.3. The van der Waals surface area contributed by atoms with Crippen molar-refractivity contribution in [1.29, 1.82) is 0 Å². The number of rotatable bonds is 2. The van der Waals surface area contributed by atoms with Crippen molar-refractivity contribution in [1.82, 2.24) is 0 Å². The predicted octanol–water partition coefficient (Wildman–Crippen LogP) is 5.03. The van der Waals surface area contributed by atoms with Crippen molar-refractivity contribution < 1.29 is 9.63 Å². The van der Waals surface area contributed by atoms with Gasteiger partial charge in [0.05, 0.1) is 5.92 Å². The third-order valence-corrected chi connectivity index (χ3v) is 6.54. The second kappa shape index (κ2) is 6.39. The van der Waals surface area contributed by atoms with Gasteiger partial charge < -0.3 is 4.84 Å². The average molecular weight is 371 g/mol. The standard InChI is InChI=1S/C23H17NO2S/c25-22-19-14-8-7-13-18(19)15-27-23(22)20(16-9-3-1-4-10-16)21(24-26-23)17-11-5-2-6-12-17/h1-14,20H,15H2. The molecule has 0 amide bonds. The first-order chi connectivity index (χ1) is 13.3. The van der Waals surface area contributed by atoms with E-state index >= 15 is 0 Å². The Bertz CT molecular complexity index is 1030. The van der Waals surface area contributed by atoms with Crippen LogP contribution in [0.3, 0.4) is 0 Å². The summed E-state index contributed by atoms with van der Waals surface area (Å²) in [6.07, 6.45) is 0. The van der Waals surface area contributed by atoms with Crippen LogP contribution in [0.4, 0.5) is 0 Å². The Labute approximate surface area is 162 Å². The van der Waals surface area contributed by atoms with Crippen molar-refractivity contribution in [2.24, 2.45) is 5.16 Å². The van der Waals surface area contributed by atoms with Gasteiger partial charge in [0, 0.05) is 16.9 Å². The van der Waals surface area contributed by atoms with Crippen molar-refractivity contribution >= 4 is 23.3 Å². The number of hydrogen-bond donors (Lipinski definition) is 0. The second-order valence-corrected chi connectivity index (χ2v) is 7.90. The number of carbonyl (C=O) groups is 1. The summed E-state index contributed by atoms with van der Waals surface area (Å²) in [5.41, 5.74) is 4.62. The van der Waals surface area contributed by atoms with E-state index in [4.69, 9.17) is 4.84 Å². The molecular weight excluding hydrogens is 354 g/mol. The largest absolute Gasteiger partial charge is 0.368 e. The summed E-state index contributed by atoms with van der Waals surface area (Å²) in [4.78, 5) is 18.5. The maximum absolute atomic E-state index is 13.6. The van der Waals surface area contributed by atoms with E-state index < -0.39 is 4.93 Å². The van der Waals surface area contributed by atoms with Crippen LogP contribution in [0.1, 0.15) is 33.0 Å². The third-order valence-electron chi connectivity index (χ3n) is 5.16. The van der Waals surface area contributed by atoms with Crippen LogP contribution in [0.25, 0.3) is 0 Å². The van der Waals surface area contributed by atoms with Gasteiger partial charge in [-0.3, -0.25) is 4.79 Å². The fraction of sp³-hybridized carbons (Fsp3) is 0.130. The van der Waals surface area contributed by atoms with Crippen LogP contribution in [-0.4, -0.2) is 16.4 Å². The molecule has 0 aromatic heterocycles. The summed E-state index contributed by atoms with van der Waals surface area (Å²) >= 11 is 1.54. The molecule has 132 valence electrons. The quantitative estimate of drug-likeness (QED) is 0.634. The highest BCUT2D eigenvalue weighted by Gasteiger charge is 2.58. The molecule has 5 rings (SSSR count). The Kier molecular flexibility index (Phi) is 3.87. The summed E-state index contributed by atoms with van der Waals surface area (Å²) in [5, 5.41) is 4.44. The van der Waals surface area contributed by atoms with Gasteiger partial charge in [0.2, 0.25) is 5.78 Å². The van der Waals surface area contributed by atoms with Crippen LogP contribution >= 0.6 is 11.8 Å². The number of nitrogens with zero attached hydrogens (tertiary/aromatic N) is 1. The van der Waals surface area contributed by atoms with E-state index in [0.29, 0.717) is 0 Å². The van der Waals surface area contributed by atoms with Crippen molar-refractivity contribution in [2.45, 2.75) is 16.6 Å². The first-order valence-corrected chi connectivity index (χ1v) is 9.91. The summed E-state index contributed by atoms with van der Waals surface area (Å²) in [7, 11) is 0. The molecule has 2 unspecified atom stereocenters. The molecule has 2 aliphatic heterocycles. The second-order valence-electron chi connectivity index (χ2n) is 6.72. The van der Waals surface area contributed by atoms with Crippen molar-refractivity contribution in [2.75, 3.05) is 0 Å². The lowest BCUT2D eigenvalue weighted by atomic mass is 9.82. The molecule has 4 heteroatoms. The minimum Gasteiger partial charge on any atom is -0.368 e. The SMILES string of the molecule is O=C1c2ccccc2CSC12ON=C(c1ccccc1)C2c1ccccc1. The molecule has 1 spiro atoms. The van der Waals surface area contributed by atoms with Crippen LogP contribution in [0.5, 0.6) is 0 Å². The van der Waals surface area contributed by atoms with E-state index in [-0.39, 0.29) is 11.7 Å². The lowest BCUT2D eigenvalue weighted by Gasteiger charge is -2.35. The van der Waals surface area contributed by atoms with Crippen LogP contribution < -0.4 is 0 Å². The van der Waals surface area contributed by atoms with Gasteiger partial charge in [-0.25, -0.2) is 0 Å². The zero-order valence-electron chi connectivity index (χ0n) is 14.5. The molecule has 2 atom stereocenters. The Morgan fingerprint density at radius 2 is 1.56 bits per heavy atom. The number of carbonyl (C=O) groups excluding carboxylic acids is 1. The third kappa shape index (κ3) is 2.52. The van der Waals surface area contributed by atoms with Gasteiger partial charge in [0.1, 0.15) is 5.71 Å². The van der Waals surface area contributed by atoms with Gasteiger partial charge in [-0.1, -0.05) is 102 Å². The number of Topliss-reactive ketones (excluding diaryl/α,β-unsaturated/α-hetero) is 1. The molecule has 0 bridgehead atoms. The average Bonchev–Trinajstić information content (AvgIpc) is 3.13. The number of benzene rings is 3. The molecule has 2 aliphatic rings. The van der Waals surface area contributed by atoms with E-state index in [9.17, 15) is 4.79 Å². The minimum atomic E-state index is -1.05. The van der Waals surface area contributed by atoms with E-state index in [1.54, 1.807) is 0 Å². The highest BCUT2D eigenvalue weighted by Crippen LogP contribution is 2.52. The first-order valence-electron chi connectivity index (χ1n) is 8.93. The van der Waals surface area contributed by atoms with Crippen molar-refractivity contribution in [3.8, 4) is 0 Å². The number of thioether (sulfide) groups is 1. The highest BCUT2D eigenvalue weighted by atomic mass is 32.2. The molecule has 0 saturated carbocycles. The molecule has 3 aromatic carbocycles. The number of hydrogen-bond acceptors (Lipinski definition) is 4. The molecular formula is C23H17NO2S. The number of fused-ring (bicyclic) bond motifs is 1.